The van der Waals surface area contributed by atoms with Crippen LogP contribution in [0.2, 0.25) is 0 Å². The van der Waals surface area contributed by atoms with Gasteiger partial charge in [-0.15, -0.1) is 0 Å². The van der Waals surface area contributed by atoms with Crippen LogP contribution in [0.25, 0.3) is 154 Å². The number of para-hydroxylation sites is 6. The minimum atomic E-state index is -0.270. The molecule has 6 heterocycles. The Bertz CT molecular complexity index is 7060. The van der Waals surface area contributed by atoms with Crippen LogP contribution in [-0.2, 0) is 17.3 Å². The molecule has 4 aromatic heterocycles. The molecule has 0 aliphatic carbocycles. The van der Waals surface area contributed by atoms with E-state index in [2.05, 4.69) is 453 Å². The molecule has 0 unspecified atom stereocenters. The van der Waals surface area contributed by atoms with E-state index in [1.807, 2.05) is 0 Å². The average molecular weight is 1530 g/mol. The lowest BCUT2D eigenvalue weighted by atomic mass is 9.33. The number of aryl methyl sites for hydroxylation is 1. The highest BCUT2D eigenvalue weighted by atomic mass is 15.2. The highest BCUT2D eigenvalue weighted by Crippen LogP contribution is 2.56. The SMILES string of the molecule is CCc1cc2c3c(c1)N(c1c(-c4ccccc4)cc(C(C)(C)C)cc1-c1ccccc1)c1cc(-n4c5ccccc5c5cc(-n6c7ccccc7c7ccccc76)ccc54)ccc1B3c1ccc(-n3c4ccccc4c4cc(-n5c6ccccc6c6ccccc65)ccc43)cc1N2c1c(-c2ccccc2)cc(C(C)(C)C)cc1-c1ccccc1. The number of nitrogens with zero attached hydrogens (tertiary/aromatic N) is 6. The van der Waals surface area contributed by atoms with Crippen molar-refractivity contribution in [3.8, 4) is 67.3 Å². The number of hydrogen-bond acceptors (Lipinski definition) is 2. The van der Waals surface area contributed by atoms with Crippen molar-refractivity contribution in [1.82, 2.24) is 18.3 Å². The highest BCUT2D eigenvalue weighted by molar-refractivity contribution is 7.00. The summed E-state index contributed by atoms with van der Waals surface area (Å²) >= 11 is 0. The number of rotatable bonds is 11. The lowest BCUT2D eigenvalue weighted by molar-refractivity contribution is 0.590. The summed E-state index contributed by atoms with van der Waals surface area (Å²) in [6, 6.07) is 143. The molecule has 0 N–H and O–H groups in total. The third kappa shape index (κ3) is 10.9. The van der Waals surface area contributed by atoms with Crippen molar-refractivity contribution in [2.45, 2.75) is 65.7 Å². The number of benzene rings is 17. The summed E-state index contributed by atoms with van der Waals surface area (Å²) in [5.41, 5.74) is 36.8. The van der Waals surface area contributed by atoms with Crippen molar-refractivity contribution >= 4 is 144 Å². The normalized spacial score (nSPS) is 12.8. The van der Waals surface area contributed by atoms with E-state index in [4.69, 9.17) is 0 Å². The van der Waals surface area contributed by atoms with Crippen molar-refractivity contribution < 1.29 is 0 Å². The van der Waals surface area contributed by atoms with Gasteiger partial charge < -0.3 is 28.1 Å². The van der Waals surface area contributed by atoms with Crippen molar-refractivity contribution in [2.75, 3.05) is 9.80 Å². The lowest BCUT2D eigenvalue weighted by Crippen LogP contribution is -2.61. The molecular formula is C112H85BN6. The predicted molar refractivity (Wildman–Crippen MR) is 506 cm³/mol. The third-order valence-electron chi connectivity index (χ3n) is 25.8. The second-order valence-electron chi connectivity index (χ2n) is 34.6. The Labute approximate surface area is 693 Å². The fourth-order valence-corrected chi connectivity index (χ4v) is 20.1. The van der Waals surface area contributed by atoms with Gasteiger partial charge in [0.05, 0.1) is 55.5 Å². The van der Waals surface area contributed by atoms with Crippen LogP contribution in [0, 0.1) is 0 Å². The summed E-state index contributed by atoms with van der Waals surface area (Å²) in [6.07, 6.45) is 0.780. The van der Waals surface area contributed by atoms with E-state index in [0.717, 1.165) is 108 Å². The molecule has 0 spiro atoms. The zero-order valence-corrected chi connectivity index (χ0v) is 67.8. The first-order chi connectivity index (χ1) is 58.3. The second kappa shape index (κ2) is 26.8. The summed E-state index contributed by atoms with van der Waals surface area (Å²) in [7, 11) is 0. The molecule has 0 radical (unpaired) electrons. The molecule has 21 aromatic rings. The van der Waals surface area contributed by atoms with E-state index in [0.29, 0.717) is 0 Å². The van der Waals surface area contributed by atoms with Gasteiger partial charge in [0.25, 0.3) is 6.71 Å². The van der Waals surface area contributed by atoms with Crippen LogP contribution in [0.15, 0.2) is 376 Å². The van der Waals surface area contributed by atoms with Gasteiger partial charge >= 0.3 is 0 Å². The lowest BCUT2D eigenvalue weighted by Gasteiger charge is -2.46. The van der Waals surface area contributed by atoms with E-state index in [9.17, 15) is 0 Å². The van der Waals surface area contributed by atoms with Crippen LogP contribution in [0.3, 0.4) is 0 Å². The molecule has 0 bridgehead atoms. The van der Waals surface area contributed by atoms with Gasteiger partial charge in [-0.1, -0.05) is 291 Å². The van der Waals surface area contributed by atoms with Crippen LogP contribution in [0.1, 0.15) is 65.2 Å². The average Bonchev–Trinajstić information content (AvgIpc) is 0.946. The van der Waals surface area contributed by atoms with Gasteiger partial charge in [-0.3, -0.25) is 0 Å². The van der Waals surface area contributed by atoms with Crippen LogP contribution < -0.4 is 26.2 Å². The minimum absolute atomic E-state index is 0.211. The van der Waals surface area contributed by atoms with Crippen LogP contribution in [-0.4, -0.2) is 25.0 Å². The molecule has 0 atom stereocenters. The van der Waals surface area contributed by atoms with Crippen molar-refractivity contribution in [2.24, 2.45) is 0 Å². The Kier molecular flexibility index (Phi) is 15.8. The highest BCUT2D eigenvalue weighted by Gasteiger charge is 2.46. The van der Waals surface area contributed by atoms with E-state index in [1.54, 1.807) is 0 Å². The van der Waals surface area contributed by atoms with Crippen LogP contribution in [0.5, 0.6) is 0 Å². The van der Waals surface area contributed by atoms with Gasteiger partial charge in [0.1, 0.15) is 0 Å². The van der Waals surface area contributed by atoms with E-state index in [1.165, 1.54) is 120 Å². The van der Waals surface area contributed by atoms with Crippen molar-refractivity contribution in [3.05, 3.63) is 393 Å². The van der Waals surface area contributed by atoms with Crippen molar-refractivity contribution in [3.63, 3.8) is 0 Å². The predicted octanol–water partition coefficient (Wildman–Crippen LogP) is 28.0. The Balaban J connectivity index is 0.840. The first-order valence-corrected chi connectivity index (χ1v) is 42.0. The molecule has 6 nitrogen and oxygen atoms in total. The molecule has 0 amide bonds. The Morgan fingerprint density at radius 2 is 0.487 bits per heavy atom. The summed E-state index contributed by atoms with van der Waals surface area (Å²) in [5.74, 6) is 0. The monoisotopic (exact) mass is 1520 g/mol. The summed E-state index contributed by atoms with van der Waals surface area (Å²) in [6.45, 7) is 16.3. The Hall–Kier alpha value is -14.4. The first-order valence-electron chi connectivity index (χ1n) is 42.0. The van der Waals surface area contributed by atoms with Gasteiger partial charge in [-0.05, 0) is 206 Å². The maximum Gasteiger partial charge on any atom is 0.252 e. The van der Waals surface area contributed by atoms with Gasteiger partial charge in [-0.25, -0.2) is 0 Å². The third-order valence-corrected chi connectivity index (χ3v) is 25.8. The summed E-state index contributed by atoms with van der Waals surface area (Å²) in [5, 5.41) is 9.75. The van der Waals surface area contributed by atoms with Crippen LogP contribution in [0.4, 0.5) is 34.1 Å². The van der Waals surface area contributed by atoms with Gasteiger partial charge in [-0.2, -0.15) is 0 Å². The van der Waals surface area contributed by atoms with Gasteiger partial charge in [0, 0.05) is 111 Å². The molecule has 2 aliphatic rings. The Morgan fingerprint density at radius 3 is 0.773 bits per heavy atom. The molecule has 0 fully saturated rings. The van der Waals surface area contributed by atoms with Gasteiger partial charge in [0.2, 0.25) is 0 Å². The second-order valence-corrected chi connectivity index (χ2v) is 34.6. The summed E-state index contributed by atoms with van der Waals surface area (Å²) < 4.78 is 9.98. The maximum atomic E-state index is 2.74. The molecule has 23 rings (SSSR count). The molecule has 0 saturated carbocycles. The largest absolute Gasteiger partial charge is 0.310 e. The molecule has 17 aromatic carbocycles. The molecule has 119 heavy (non-hydrogen) atoms. The number of anilines is 6. The van der Waals surface area contributed by atoms with E-state index < -0.39 is 0 Å². The zero-order chi connectivity index (χ0) is 79.7. The first kappa shape index (κ1) is 70.1. The quantitative estimate of drug-likeness (QED) is 0.121. The zero-order valence-electron chi connectivity index (χ0n) is 67.8. The number of aromatic nitrogens is 4. The van der Waals surface area contributed by atoms with E-state index in [-0.39, 0.29) is 17.5 Å². The minimum Gasteiger partial charge on any atom is -0.310 e. The molecule has 566 valence electrons. The fraction of sp³-hybridized carbons (Fsp3) is 0.0893. The Morgan fingerprint density at radius 1 is 0.235 bits per heavy atom. The molecule has 7 heteroatoms. The van der Waals surface area contributed by atoms with E-state index >= 15 is 0 Å². The molecular weight excluding hydrogens is 1440 g/mol. The number of fused-ring (bicyclic) bond motifs is 16. The standard InChI is InChI=1S/C112H85BN6/c1-8-71-61-106-108-107(62-71)119(110-90(74-37-17-11-18-38-74)65-77(112(5,6)7)66-91(110)75-39-19-12-20-40-75)105-70-81(117-101-52-32-26-46-87(101)93-68-79(56-60-103(93)117)115-98-49-29-23-43-84(98)85-44-24-30-50-99(85)115)54-58-95(105)113(108)94-57-53-80(69-104(94)118(106)109-88(72-33-13-9-14-34-72)63-76(111(2,3)4)64-89(109)73-35-15-10-16-36-73)116-100-51-31-25-45-86(100)92-67-78(55-59-102(92)116)114-96-47-27-21-41-82(96)83-42-22-28-48-97(83)114/h9-70H,8H2,1-7H3. The smallest absolute Gasteiger partial charge is 0.252 e. The maximum absolute atomic E-state index is 2.74. The van der Waals surface area contributed by atoms with Crippen molar-refractivity contribution in [1.29, 1.82) is 0 Å². The number of hydrogen-bond donors (Lipinski definition) is 0. The molecule has 2 aliphatic heterocycles. The fourth-order valence-electron chi connectivity index (χ4n) is 20.1. The van der Waals surface area contributed by atoms with Crippen LogP contribution >= 0.6 is 0 Å². The summed E-state index contributed by atoms with van der Waals surface area (Å²) in [4.78, 5) is 5.47. The topological polar surface area (TPSA) is 26.2 Å². The van der Waals surface area contributed by atoms with Gasteiger partial charge in [0.15, 0.2) is 0 Å². The molecule has 0 saturated heterocycles.